The third-order valence-corrected chi connectivity index (χ3v) is 0.834. The molecule has 0 N–H and O–H groups in total. The Hall–Kier alpha value is 0.430. The lowest BCUT2D eigenvalue weighted by molar-refractivity contribution is 0.0245. The molecule has 3 nitrogen and oxygen atoms in total. The monoisotopic (exact) mass is 254 g/mol. The van der Waals surface area contributed by atoms with E-state index < -0.39 is 15.2 Å². The molecule has 0 saturated heterocycles. The van der Waals surface area contributed by atoms with Crippen LogP contribution in [-0.2, 0) is 9.47 Å². The smallest absolute Gasteiger partial charge is 0.398 e. The van der Waals surface area contributed by atoms with Gasteiger partial charge in [-0.2, -0.15) is 0 Å². The minimum Gasteiger partial charge on any atom is -0.398 e. The Kier molecular flexibility index (Phi) is 4.24. The fourth-order valence-electron chi connectivity index (χ4n) is 0.313. The summed E-state index contributed by atoms with van der Waals surface area (Å²) in [6.45, 7) is 2.49. The van der Waals surface area contributed by atoms with Gasteiger partial charge < -0.3 is 9.47 Å². The first-order valence-electron chi connectivity index (χ1n) is 2.78. The number of carbonyl (C=O) groups is 1. The fourth-order valence-corrected chi connectivity index (χ4v) is 0.565. The molecule has 0 atom stereocenters. The molecule has 0 unspecified atom stereocenters. The zero-order valence-electron chi connectivity index (χ0n) is 6.24. The van der Waals surface area contributed by atoms with Crippen LogP contribution in [0, 0.1) is 0 Å². The number of carbonyl (C=O) groups excluding carboxylic acids is 1. The van der Waals surface area contributed by atoms with E-state index in [-0.39, 0.29) is 0 Å². The molecule has 12 heavy (non-hydrogen) atoms. The SMILES string of the molecule is CC(Cl)(Cl)OC(=O)OC(C)(Cl)Cl. The largest absolute Gasteiger partial charge is 0.513 e. The fraction of sp³-hybridized carbons (Fsp3) is 0.800. The Labute approximate surface area is 89.8 Å². The highest BCUT2D eigenvalue weighted by atomic mass is 35.5. The van der Waals surface area contributed by atoms with E-state index in [2.05, 4.69) is 9.47 Å². The number of halogens is 4. The van der Waals surface area contributed by atoms with Crippen molar-refractivity contribution < 1.29 is 14.3 Å². The van der Waals surface area contributed by atoms with Crippen molar-refractivity contribution >= 4 is 52.6 Å². The van der Waals surface area contributed by atoms with E-state index in [9.17, 15) is 4.79 Å². The maximum Gasteiger partial charge on any atom is 0.513 e. The van der Waals surface area contributed by atoms with Gasteiger partial charge >= 0.3 is 6.16 Å². The number of ether oxygens (including phenoxy) is 2. The van der Waals surface area contributed by atoms with E-state index in [1.165, 1.54) is 13.8 Å². The van der Waals surface area contributed by atoms with Crippen LogP contribution in [0.2, 0.25) is 0 Å². The molecule has 0 fully saturated rings. The van der Waals surface area contributed by atoms with Gasteiger partial charge in [0.05, 0.1) is 0 Å². The van der Waals surface area contributed by atoms with Crippen molar-refractivity contribution in [3.8, 4) is 0 Å². The average molecular weight is 256 g/mol. The highest BCUT2D eigenvalue weighted by Crippen LogP contribution is 2.26. The van der Waals surface area contributed by atoms with Crippen LogP contribution in [0.4, 0.5) is 4.79 Å². The maximum atomic E-state index is 10.7. The van der Waals surface area contributed by atoms with Crippen LogP contribution >= 0.6 is 46.4 Å². The van der Waals surface area contributed by atoms with Crippen LogP contribution in [0.3, 0.4) is 0 Å². The van der Waals surface area contributed by atoms with Gasteiger partial charge in [0.1, 0.15) is 0 Å². The van der Waals surface area contributed by atoms with Crippen molar-refractivity contribution in [2.45, 2.75) is 22.9 Å². The summed E-state index contributed by atoms with van der Waals surface area (Å²) in [5, 5.41) is 0. The second-order valence-corrected chi connectivity index (χ2v) is 5.34. The number of hydrogen-bond donors (Lipinski definition) is 0. The first kappa shape index (κ1) is 12.4. The van der Waals surface area contributed by atoms with Gasteiger partial charge in [0.2, 0.25) is 0 Å². The van der Waals surface area contributed by atoms with Gasteiger partial charge in [0.25, 0.3) is 9.04 Å². The minimum absolute atomic E-state index is 1.14. The van der Waals surface area contributed by atoms with Gasteiger partial charge in [0, 0.05) is 13.8 Å². The van der Waals surface area contributed by atoms with Crippen molar-refractivity contribution in [3.05, 3.63) is 0 Å². The van der Waals surface area contributed by atoms with Crippen molar-refractivity contribution in [2.75, 3.05) is 0 Å². The van der Waals surface area contributed by atoms with Crippen molar-refractivity contribution in [1.29, 1.82) is 0 Å². The normalized spacial score (nSPS) is 12.5. The molecule has 0 aromatic rings. The van der Waals surface area contributed by atoms with Gasteiger partial charge in [-0.25, -0.2) is 4.79 Å². The van der Waals surface area contributed by atoms with Gasteiger partial charge in [-0.05, 0) is 0 Å². The van der Waals surface area contributed by atoms with Gasteiger partial charge in [-0.3, -0.25) is 0 Å². The Balaban J connectivity index is 3.92. The summed E-state index contributed by atoms with van der Waals surface area (Å²) in [6, 6.07) is 0. The Morgan fingerprint density at radius 1 is 1.00 bits per heavy atom. The molecule has 0 aromatic heterocycles. The molecule has 0 heterocycles. The summed E-state index contributed by atoms with van der Waals surface area (Å²) < 4.78 is 5.32. The molecule has 0 rings (SSSR count). The topological polar surface area (TPSA) is 35.5 Å². The average Bonchev–Trinajstić information content (AvgIpc) is 1.49. The molecule has 0 spiro atoms. The van der Waals surface area contributed by atoms with E-state index >= 15 is 0 Å². The second-order valence-electron chi connectivity index (χ2n) is 2.07. The standard InChI is InChI=1S/C5H6Cl4O3/c1-4(6,7)11-3(10)12-5(2,8)9/h1-2H3. The molecule has 0 aliphatic carbocycles. The number of rotatable bonds is 2. The summed E-state index contributed by atoms with van der Waals surface area (Å²) in [5.41, 5.74) is 0. The Morgan fingerprint density at radius 3 is 1.42 bits per heavy atom. The molecule has 0 aromatic carbocycles. The second kappa shape index (κ2) is 4.09. The lowest BCUT2D eigenvalue weighted by Crippen LogP contribution is -2.25. The molecule has 7 heteroatoms. The number of alkyl halides is 4. The Bertz CT molecular complexity index is 151. The molecule has 0 saturated carbocycles. The first-order valence-corrected chi connectivity index (χ1v) is 4.29. The molecule has 0 radical (unpaired) electrons. The quantitative estimate of drug-likeness (QED) is 0.560. The van der Waals surface area contributed by atoms with Crippen LogP contribution in [0.15, 0.2) is 0 Å². The molecule has 72 valence electrons. The highest BCUT2D eigenvalue weighted by molar-refractivity contribution is 6.48. The summed E-state index contributed by atoms with van der Waals surface area (Å²) in [4.78, 5) is 10.7. The van der Waals surface area contributed by atoms with Crippen LogP contribution in [0.5, 0.6) is 0 Å². The molecule has 0 amide bonds. The first-order chi connectivity index (χ1) is 5.10. The zero-order chi connectivity index (χ0) is 9.99. The lowest BCUT2D eigenvalue weighted by Gasteiger charge is -2.18. The van der Waals surface area contributed by atoms with Gasteiger partial charge in [-0.15, -0.1) is 0 Å². The van der Waals surface area contributed by atoms with Gasteiger partial charge in [0.15, 0.2) is 0 Å². The minimum atomic E-state index is -1.66. The molecular formula is C5H6Cl4O3. The van der Waals surface area contributed by atoms with Crippen molar-refractivity contribution in [1.82, 2.24) is 0 Å². The van der Waals surface area contributed by atoms with Crippen LogP contribution in [-0.4, -0.2) is 15.2 Å². The summed E-state index contributed by atoms with van der Waals surface area (Å²) >= 11 is 21.3. The molecule has 0 aliphatic rings. The van der Waals surface area contributed by atoms with Crippen LogP contribution in [0.25, 0.3) is 0 Å². The summed E-state index contributed by atoms with van der Waals surface area (Å²) in [6.07, 6.45) is -1.14. The van der Waals surface area contributed by atoms with Gasteiger partial charge in [-0.1, -0.05) is 46.4 Å². The van der Waals surface area contributed by atoms with Crippen LogP contribution in [0.1, 0.15) is 13.8 Å². The Morgan fingerprint density at radius 2 is 1.25 bits per heavy atom. The van der Waals surface area contributed by atoms with Crippen molar-refractivity contribution in [3.63, 3.8) is 0 Å². The zero-order valence-corrected chi connectivity index (χ0v) is 9.26. The van der Waals surface area contributed by atoms with E-state index in [1.54, 1.807) is 0 Å². The summed E-state index contributed by atoms with van der Waals surface area (Å²) in [5.74, 6) is 0. The number of hydrogen-bond acceptors (Lipinski definition) is 3. The van der Waals surface area contributed by atoms with E-state index in [4.69, 9.17) is 46.4 Å². The van der Waals surface area contributed by atoms with E-state index in [0.29, 0.717) is 0 Å². The van der Waals surface area contributed by atoms with Crippen LogP contribution < -0.4 is 0 Å². The third-order valence-electron chi connectivity index (χ3n) is 0.525. The third kappa shape index (κ3) is 8.53. The van der Waals surface area contributed by atoms with Crippen molar-refractivity contribution in [2.24, 2.45) is 0 Å². The predicted molar refractivity (Wildman–Crippen MR) is 47.8 cm³/mol. The molecule has 0 bridgehead atoms. The summed E-state index contributed by atoms with van der Waals surface area (Å²) in [7, 11) is 0. The maximum absolute atomic E-state index is 10.7. The van der Waals surface area contributed by atoms with E-state index in [0.717, 1.165) is 0 Å². The van der Waals surface area contributed by atoms with E-state index in [1.807, 2.05) is 0 Å². The predicted octanol–water partition coefficient (Wildman–Crippen LogP) is 3.44. The molecule has 0 aliphatic heterocycles. The molecular weight excluding hydrogens is 250 g/mol. The highest BCUT2D eigenvalue weighted by Gasteiger charge is 2.28. The lowest BCUT2D eigenvalue weighted by atomic mass is 10.8.